The first-order valence-corrected chi connectivity index (χ1v) is 17.9. The third-order valence-electron chi connectivity index (χ3n) is 9.82. The van der Waals surface area contributed by atoms with Crippen molar-refractivity contribution in [2.24, 2.45) is 0 Å². The number of nitrogens with zero attached hydrogens (tertiary/aromatic N) is 1. The second-order valence-corrected chi connectivity index (χ2v) is 13.4. The number of fused-ring (bicyclic) bond motifs is 1. The van der Waals surface area contributed by atoms with Crippen LogP contribution in [0.15, 0.2) is 60.7 Å². The second-order valence-electron chi connectivity index (χ2n) is 13.0. The molecule has 7 heteroatoms. The summed E-state index contributed by atoms with van der Waals surface area (Å²) in [5.41, 5.74) is 7.17. The van der Waals surface area contributed by atoms with E-state index in [0.717, 1.165) is 99.5 Å². The SMILES string of the molecule is O=C(NCCCCN1CCC(c2ccc3c(c2OCCOC2CCCCO2)CCCC3)CC1)c1ccc(-c2ccc(Cl)cc2)cc1. The number of likely N-dealkylation sites (tertiary alicyclic amines) is 1. The number of halogens is 1. The summed E-state index contributed by atoms with van der Waals surface area (Å²) in [5.74, 6) is 1.67. The summed E-state index contributed by atoms with van der Waals surface area (Å²) >= 11 is 6.00. The first kappa shape index (κ1) is 33.0. The highest BCUT2D eigenvalue weighted by atomic mass is 35.5. The van der Waals surface area contributed by atoms with Gasteiger partial charge in [-0.15, -0.1) is 0 Å². The summed E-state index contributed by atoms with van der Waals surface area (Å²) in [6.45, 7) is 5.94. The number of ether oxygens (including phenoxy) is 3. The molecule has 1 N–H and O–H groups in total. The lowest BCUT2D eigenvalue weighted by Gasteiger charge is -2.34. The van der Waals surface area contributed by atoms with Gasteiger partial charge in [0.2, 0.25) is 0 Å². The molecule has 2 aliphatic heterocycles. The molecule has 0 spiro atoms. The maximum atomic E-state index is 12.7. The van der Waals surface area contributed by atoms with Crippen LogP contribution in [0.5, 0.6) is 5.75 Å². The lowest BCUT2D eigenvalue weighted by atomic mass is 9.83. The van der Waals surface area contributed by atoms with Gasteiger partial charge in [-0.05, 0) is 148 Å². The van der Waals surface area contributed by atoms with Crippen LogP contribution in [-0.4, -0.2) is 63.1 Å². The van der Waals surface area contributed by atoms with Crippen LogP contribution in [0.25, 0.3) is 11.1 Å². The highest BCUT2D eigenvalue weighted by molar-refractivity contribution is 6.30. The predicted octanol–water partition coefficient (Wildman–Crippen LogP) is 8.20. The van der Waals surface area contributed by atoms with Crippen molar-refractivity contribution in [2.75, 3.05) is 46.0 Å². The van der Waals surface area contributed by atoms with Gasteiger partial charge in [0.25, 0.3) is 5.91 Å². The average Bonchev–Trinajstić information content (AvgIpc) is 3.11. The number of piperidine rings is 1. The Morgan fingerprint density at radius 2 is 1.61 bits per heavy atom. The minimum absolute atomic E-state index is 0.0135. The molecule has 3 aromatic rings. The Hall–Kier alpha value is -2.90. The van der Waals surface area contributed by atoms with Gasteiger partial charge in [-0.25, -0.2) is 0 Å². The molecule has 0 radical (unpaired) electrons. The number of unbranched alkanes of at least 4 members (excludes halogenated alkanes) is 1. The summed E-state index contributed by atoms with van der Waals surface area (Å²) in [7, 11) is 0. The zero-order chi connectivity index (χ0) is 31.6. The number of rotatable bonds is 13. The van der Waals surface area contributed by atoms with Crippen molar-refractivity contribution < 1.29 is 19.0 Å². The van der Waals surface area contributed by atoms with Crippen LogP contribution in [0.4, 0.5) is 0 Å². The summed E-state index contributed by atoms with van der Waals surface area (Å²) in [5, 5.41) is 3.82. The molecule has 0 saturated carbocycles. The van der Waals surface area contributed by atoms with Crippen LogP contribution in [0, 0.1) is 0 Å². The number of amides is 1. The van der Waals surface area contributed by atoms with Crippen LogP contribution >= 0.6 is 11.6 Å². The molecular formula is C39H49ClN2O4. The Balaban J connectivity index is 0.923. The second kappa shape index (κ2) is 16.8. The summed E-state index contributed by atoms with van der Waals surface area (Å²) in [6.07, 6.45) is 12.4. The molecule has 2 saturated heterocycles. The molecule has 3 aromatic carbocycles. The molecule has 246 valence electrons. The van der Waals surface area contributed by atoms with E-state index in [-0.39, 0.29) is 12.2 Å². The van der Waals surface area contributed by atoms with Crippen LogP contribution in [-0.2, 0) is 22.3 Å². The van der Waals surface area contributed by atoms with Gasteiger partial charge in [0, 0.05) is 23.7 Å². The molecule has 46 heavy (non-hydrogen) atoms. The van der Waals surface area contributed by atoms with Crippen molar-refractivity contribution in [2.45, 2.75) is 82.8 Å². The number of nitrogens with one attached hydrogen (secondary N) is 1. The third-order valence-corrected chi connectivity index (χ3v) is 10.1. The topological polar surface area (TPSA) is 60.0 Å². The fourth-order valence-corrected chi connectivity index (χ4v) is 7.28. The molecule has 3 aliphatic rings. The minimum Gasteiger partial charge on any atom is -0.491 e. The Morgan fingerprint density at radius 1 is 0.848 bits per heavy atom. The van der Waals surface area contributed by atoms with Gasteiger partial charge in [0.05, 0.1) is 6.61 Å². The van der Waals surface area contributed by atoms with Gasteiger partial charge >= 0.3 is 0 Å². The Labute approximate surface area is 279 Å². The summed E-state index contributed by atoms with van der Waals surface area (Å²) in [6, 6.07) is 20.2. The Kier molecular flexibility index (Phi) is 12.0. The van der Waals surface area contributed by atoms with Crippen molar-refractivity contribution in [1.82, 2.24) is 10.2 Å². The molecular weight excluding hydrogens is 596 g/mol. The van der Waals surface area contributed by atoms with Crippen molar-refractivity contribution in [1.29, 1.82) is 0 Å². The van der Waals surface area contributed by atoms with E-state index in [2.05, 4.69) is 22.3 Å². The van der Waals surface area contributed by atoms with E-state index in [1.807, 2.05) is 48.5 Å². The first-order chi connectivity index (χ1) is 22.6. The summed E-state index contributed by atoms with van der Waals surface area (Å²) < 4.78 is 18.3. The Bertz CT molecular complexity index is 1400. The molecule has 1 aliphatic carbocycles. The van der Waals surface area contributed by atoms with Gasteiger partial charge in [-0.1, -0.05) is 48.0 Å². The third kappa shape index (κ3) is 8.92. The number of carbonyl (C=O) groups is 1. The maximum Gasteiger partial charge on any atom is 0.251 e. The molecule has 0 aromatic heterocycles. The van der Waals surface area contributed by atoms with Gasteiger partial charge in [0.15, 0.2) is 6.29 Å². The highest BCUT2D eigenvalue weighted by Crippen LogP contribution is 2.40. The molecule has 6 nitrogen and oxygen atoms in total. The van der Waals surface area contributed by atoms with E-state index in [9.17, 15) is 4.79 Å². The fourth-order valence-electron chi connectivity index (χ4n) is 7.16. The van der Waals surface area contributed by atoms with E-state index < -0.39 is 0 Å². The monoisotopic (exact) mass is 644 g/mol. The smallest absolute Gasteiger partial charge is 0.251 e. The van der Waals surface area contributed by atoms with Crippen LogP contribution < -0.4 is 10.1 Å². The zero-order valence-corrected chi connectivity index (χ0v) is 27.9. The van der Waals surface area contributed by atoms with Crippen molar-refractivity contribution in [3.63, 3.8) is 0 Å². The normalized spacial score (nSPS) is 19.0. The van der Waals surface area contributed by atoms with Gasteiger partial charge < -0.3 is 24.4 Å². The molecule has 1 atom stereocenters. The number of aryl methyl sites for hydroxylation is 1. The number of hydrogen-bond acceptors (Lipinski definition) is 5. The number of carbonyl (C=O) groups excluding carboxylic acids is 1. The summed E-state index contributed by atoms with van der Waals surface area (Å²) in [4.78, 5) is 15.3. The van der Waals surface area contributed by atoms with E-state index in [4.69, 9.17) is 25.8 Å². The minimum atomic E-state index is -0.0687. The van der Waals surface area contributed by atoms with E-state index in [1.54, 1.807) is 0 Å². The van der Waals surface area contributed by atoms with Gasteiger partial charge in [-0.3, -0.25) is 4.79 Å². The quantitative estimate of drug-likeness (QED) is 0.190. The lowest BCUT2D eigenvalue weighted by Crippen LogP contribution is -2.34. The first-order valence-electron chi connectivity index (χ1n) is 17.5. The lowest BCUT2D eigenvalue weighted by molar-refractivity contribution is -0.165. The van der Waals surface area contributed by atoms with Crippen LogP contribution in [0.3, 0.4) is 0 Å². The van der Waals surface area contributed by atoms with E-state index >= 15 is 0 Å². The van der Waals surface area contributed by atoms with Crippen LogP contribution in [0.1, 0.15) is 90.8 Å². The number of hydrogen-bond donors (Lipinski definition) is 1. The zero-order valence-electron chi connectivity index (χ0n) is 27.1. The molecule has 1 unspecified atom stereocenters. The fraction of sp³-hybridized carbons (Fsp3) is 0.513. The average molecular weight is 645 g/mol. The molecule has 6 rings (SSSR count). The van der Waals surface area contributed by atoms with Crippen LogP contribution in [0.2, 0.25) is 5.02 Å². The molecule has 1 amide bonds. The van der Waals surface area contributed by atoms with E-state index in [0.29, 0.717) is 31.2 Å². The molecule has 2 heterocycles. The molecule has 0 bridgehead atoms. The van der Waals surface area contributed by atoms with Crippen molar-refractivity contribution >= 4 is 17.5 Å². The van der Waals surface area contributed by atoms with Crippen molar-refractivity contribution in [3.05, 3.63) is 87.9 Å². The predicted molar refractivity (Wildman–Crippen MR) is 185 cm³/mol. The van der Waals surface area contributed by atoms with Gasteiger partial charge in [-0.2, -0.15) is 0 Å². The van der Waals surface area contributed by atoms with E-state index in [1.165, 1.54) is 36.0 Å². The Morgan fingerprint density at radius 3 is 2.37 bits per heavy atom. The highest BCUT2D eigenvalue weighted by Gasteiger charge is 2.26. The largest absolute Gasteiger partial charge is 0.491 e. The van der Waals surface area contributed by atoms with Crippen molar-refractivity contribution in [3.8, 4) is 16.9 Å². The van der Waals surface area contributed by atoms with Gasteiger partial charge in [0.1, 0.15) is 12.4 Å². The number of benzene rings is 3. The maximum absolute atomic E-state index is 12.7. The standard InChI is InChI=1S/C39H49ClN2O4/c40-34-17-14-30(15-18-34)29-10-12-33(13-11-29)39(43)41-22-4-5-23-42-24-20-32(21-25-42)36-19-16-31-7-1-2-8-35(31)38(36)46-28-27-45-37-9-3-6-26-44-37/h10-19,32,37H,1-9,20-28H2,(H,41,43). The molecule has 2 fully saturated rings.